The zero-order valence-corrected chi connectivity index (χ0v) is 11.3. The highest BCUT2D eigenvalue weighted by Gasteiger charge is 2.46. The molecule has 17 heavy (non-hydrogen) atoms. The summed E-state index contributed by atoms with van der Waals surface area (Å²) in [5.74, 6) is 3.25. The first kappa shape index (κ1) is 12.3. The Morgan fingerprint density at radius 3 is 2.82 bits per heavy atom. The summed E-state index contributed by atoms with van der Waals surface area (Å²) in [4.78, 5) is 0. The topological polar surface area (TPSA) is 30.5 Å². The Morgan fingerprint density at radius 1 is 1.18 bits per heavy atom. The molecule has 3 rings (SSSR count). The Morgan fingerprint density at radius 2 is 2.06 bits per heavy atom. The van der Waals surface area contributed by atoms with Crippen LogP contribution < -0.4 is 5.32 Å². The Balaban J connectivity index is 1.73. The summed E-state index contributed by atoms with van der Waals surface area (Å²) < 4.78 is 11.7. The molecule has 0 saturated carbocycles. The van der Waals surface area contributed by atoms with Gasteiger partial charge < -0.3 is 14.8 Å². The molecule has 3 heterocycles. The maximum absolute atomic E-state index is 6.25. The highest BCUT2D eigenvalue weighted by atomic mass is 32.2. The number of thioether (sulfide) groups is 1. The predicted molar refractivity (Wildman–Crippen MR) is 70.6 cm³/mol. The summed E-state index contributed by atoms with van der Waals surface area (Å²) in [6.45, 7) is 3.78. The summed E-state index contributed by atoms with van der Waals surface area (Å²) in [7, 11) is 0. The molecule has 0 aliphatic carbocycles. The maximum Gasteiger partial charge on any atom is 0.0928 e. The third kappa shape index (κ3) is 2.50. The van der Waals surface area contributed by atoms with Crippen molar-refractivity contribution >= 4 is 11.8 Å². The molecule has 3 saturated heterocycles. The van der Waals surface area contributed by atoms with Crippen LogP contribution in [0, 0.1) is 5.92 Å². The van der Waals surface area contributed by atoms with Crippen molar-refractivity contribution in [3.05, 3.63) is 0 Å². The van der Waals surface area contributed by atoms with E-state index in [2.05, 4.69) is 17.1 Å². The van der Waals surface area contributed by atoms with Gasteiger partial charge in [-0.3, -0.25) is 0 Å². The minimum Gasteiger partial charge on any atom is -0.381 e. The van der Waals surface area contributed by atoms with Gasteiger partial charge in [-0.25, -0.2) is 0 Å². The van der Waals surface area contributed by atoms with Crippen molar-refractivity contribution < 1.29 is 9.47 Å². The third-order valence-corrected chi connectivity index (χ3v) is 5.67. The minimum absolute atomic E-state index is 0.128. The van der Waals surface area contributed by atoms with Gasteiger partial charge in [0.25, 0.3) is 0 Å². The van der Waals surface area contributed by atoms with Crippen molar-refractivity contribution in [2.45, 2.75) is 37.3 Å². The van der Waals surface area contributed by atoms with E-state index in [1.807, 2.05) is 0 Å². The Hall–Kier alpha value is 0.230. The largest absolute Gasteiger partial charge is 0.381 e. The fraction of sp³-hybridized carbons (Fsp3) is 1.00. The fourth-order valence-corrected chi connectivity index (χ4v) is 4.79. The number of rotatable bonds is 1. The van der Waals surface area contributed by atoms with Gasteiger partial charge in [0, 0.05) is 31.6 Å². The summed E-state index contributed by atoms with van der Waals surface area (Å²) in [5.41, 5.74) is 0.128. The lowest BCUT2D eigenvalue weighted by molar-refractivity contribution is -0.112. The third-order valence-electron chi connectivity index (χ3n) is 4.40. The Labute approximate surface area is 108 Å². The average Bonchev–Trinajstić information content (AvgIpc) is 2.41. The van der Waals surface area contributed by atoms with E-state index >= 15 is 0 Å². The molecule has 3 aliphatic rings. The molecule has 0 radical (unpaired) electrons. The van der Waals surface area contributed by atoms with Crippen LogP contribution in [0.2, 0.25) is 0 Å². The molecule has 0 aromatic carbocycles. The fourth-order valence-electron chi connectivity index (χ4n) is 3.54. The van der Waals surface area contributed by atoms with E-state index in [1.54, 1.807) is 0 Å². The van der Waals surface area contributed by atoms with Crippen LogP contribution in [0.1, 0.15) is 25.7 Å². The van der Waals surface area contributed by atoms with Gasteiger partial charge in [0.1, 0.15) is 0 Å². The second-order valence-corrected chi connectivity index (χ2v) is 6.56. The molecule has 3 fully saturated rings. The van der Waals surface area contributed by atoms with Crippen LogP contribution >= 0.6 is 11.8 Å². The number of hydrogen-bond donors (Lipinski definition) is 1. The molecular formula is C13H23NO2S. The van der Waals surface area contributed by atoms with Gasteiger partial charge in [0.05, 0.1) is 12.2 Å². The minimum atomic E-state index is 0.128. The van der Waals surface area contributed by atoms with Crippen LogP contribution in [-0.4, -0.2) is 49.5 Å². The molecule has 1 spiro atoms. The first-order valence-electron chi connectivity index (χ1n) is 6.94. The van der Waals surface area contributed by atoms with Gasteiger partial charge in [-0.2, -0.15) is 11.8 Å². The standard InChI is InChI=1S/C13H23NO2S/c1-4-13(10-17-9-1)12(14-5-8-16-13)11-2-6-15-7-3-11/h11-12,14H,1-10H2. The SMILES string of the molecule is C1CSCC2(C1)OCCNC2C1CCOCC1. The van der Waals surface area contributed by atoms with Gasteiger partial charge in [-0.1, -0.05) is 0 Å². The van der Waals surface area contributed by atoms with Gasteiger partial charge >= 0.3 is 0 Å². The first-order chi connectivity index (χ1) is 8.41. The second kappa shape index (κ2) is 5.47. The number of nitrogens with one attached hydrogen (secondary N) is 1. The monoisotopic (exact) mass is 257 g/mol. The molecule has 2 unspecified atom stereocenters. The van der Waals surface area contributed by atoms with Crippen LogP contribution in [0.4, 0.5) is 0 Å². The smallest absolute Gasteiger partial charge is 0.0928 e. The van der Waals surface area contributed by atoms with Crippen molar-refractivity contribution in [1.29, 1.82) is 0 Å². The summed E-state index contributed by atoms with van der Waals surface area (Å²) >= 11 is 2.07. The van der Waals surface area contributed by atoms with Crippen LogP contribution in [0.25, 0.3) is 0 Å². The predicted octanol–water partition coefficient (Wildman–Crippen LogP) is 1.67. The van der Waals surface area contributed by atoms with Crippen LogP contribution in [0.5, 0.6) is 0 Å². The highest BCUT2D eigenvalue weighted by molar-refractivity contribution is 7.99. The first-order valence-corrected chi connectivity index (χ1v) is 8.09. The van der Waals surface area contributed by atoms with Crippen molar-refractivity contribution in [3.63, 3.8) is 0 Å². The highest BCUT2D eigenvalue weighted by Crippen LogP contribution is 2.39. The van der Waals surface area contributed by atoms with Crippen molar-refractivity contribution in [1.82, 2.24) is 5.32 Å². The molecule has 3 aliphatic heterocycles. The molecule has 3 nitrogen and oxygen atoms in total. The molecule has 2 atom stereocenters. The van der Waals surface area contributed by atoms with Crippen LogP contribution in [-0.2, 0) is 9.47 Å². The van der Waals surface area contributed by atoms with Gasteiger partial charge in [-0.05, 0) is 37.4 Å². The van der Waals surface area contributed by atoms with Gasteiger partial charge in [-0.15, -0.1) is 0 Å². The lowest BCUT2D eigenvalue weighted by Gasteiger charge is -2.50. The normalized spacial score (nSPS) is 40.6. The van der Waals surface area contributed by atoms with E-state index in [0.29, 0.717) is 6.04 Å². The van der Waals surface area contributed by atoms with Crippen molar-refractivity contribution in [2.75, 3.05) is 37.9 Å². The summed E-state index contributed by atoms with van der Waals surface area (Å²) in [6.07, 6.45) is 4.96. The molecule has 0 bridgehead atoms. The molecule has 4 heteroatoms. The van der Waals surface area contributed by atoms with Crippen molar-refractivity contribution in [2.24, 2.45) is 5.92 Å². The summed E-state index contributed by atoms with van der Waals surface area (Å²) in [6, 6.07) is 0.563. The molecule has 1 N–H and O–H groups in total. The Bertz CT molecular complexity index is 242. The van der Waals surface area contributed by atoms with Crippen LogP contribution in [0.15, 0.2) is 0 Å². The van der Waals surface area contributed by atoms with Gasteiger partial charge in [0.2, 0.25) is 0 Å². The molecule has 0 amide bonds. The van der Waals surface area contributed by atoms with E-state index in [0.717, 1.165) is 32.3 Å². The molecule has 98 valence electrons. The average molecular weight is 257 g/mol. The lowest BCUT2D eigenvalue weighted by Crippen LogP contribution is -2.63. The van der Waals surface area contributed by atoms with E-state index in [4.69, 9.17) is 9.47 Å². The summed E-state index contributed by atoms with van der Waals surface area (Å²) in [5, 5.41) is 3.76. The number of ether oxygens (including phenoxy) is 2. The number of morpholine rings is 1. The molecule has 0 aromatic rings. The quantitative estimate of drug-likeness (QED) is 0.774. The van der Waals surface area contributed by atoms with E-state index in [-0.39, 0.29) is 5.60 Å². The van der Waals surface area contributed by atoms with Gasteiger partial charge in [0.15, 0.2) is 0 Å². The second-order valence-electron chi connectivity index (χ2n) is 5.45. The van der Waals surface area contributed by atoms with E-state index < -0.39 is 0 Å². The zero-order valence-electron chi connectivity index (χ0n) is 10.5. The Kier molecular flexibility index (Phi) is 3.95. The van der Waals surface area contributed by atoms with E-state index in [9.17, 15) is 0 Å². The van der Waals surface area contributed by atoms with E-state index in [1.165, 1.54) is 37.2 Å². The zero-order chi connectivity index (χ0) is 11.6. The van der Waals surface area contributed by atoms with Crippen LogP contribution in [0.3, 0.4) is 0 Å². The molecule has 0 aromatic heterocycles. The molecular weight excluding hydrogens is 234 g/mol. The maximum atomic E-state index is 6.25. The lowest BCUT2D eigenvalue weighted by atomic mass is 9.78. The van der Waals surface area contributed by atoms with Crippen molar-refractivity contribution in [3.8, 4) is 0 Å². The number of hydrogen-bond acceptors (Lipinski definition) is 4.